The number of nitrogens with one attached hydrogen (secondary N) is 2. The minimum absolute atomic E-state index is 0.0549. The Balaban J connectivity index is 1.38. The first-order valence-corrected chi connectivity index (χ1v) is 11.7. The topological polar surface area (TPSA) is 118 Å². The number of H-pyrrole nitrogens is 1. The van der Waals surface area contributed by atoms with Gasteiger partial charge in [-0.05, 0) is 60.9 Å². The Bertz CT molecular complexity index is 1440. The van der Waals surface area contributed by atoms with Crippen molar-refractivity contribution in [2.45, 2.75) is 38.5 Å². The van der Waals surface area contributed by atoms with Crippen LogP contribution in [0.2, 0.25) is 0 Å². The van der Waals surface area contributed by atoms with Crippen LogP contribution in [0.25, 0.3) is 10.9 Å². The molecule has 5 rings (SSSR count). The van der Waals surface area contributed by atoms with Crippen molar-refractivity contribution in [3.05, 3.63) is 99.5 Å². The maximum atomic E-state index is 12.7. The zero-order chi connectivity index (χ0) is 25.1. The summed E-state index contributed by atoms with van der Waals surface area (Å²) < 4.78 is 10.3. The van der Waals surface area contributed by atoms with E-state index in [1.807, 2.05) is 36.4 Å². The third-order valence-corrected chi connectivity index (χ3v) is 6.04. The van der Waals surface area contributed by atoms with Gasteiger partial charge in [0.25, 0.3) is 11.5 Å². The third-order valence-electron chi connectivity index (χ3n) is 6.04. The van der Waals surface area contributed by atoms with Crippen LogP contribution in [0, 0.1) is 0 Å². The maximum absolute atomic E-state index is 12.7. The molecular weight excluding hydrogens is 460 g/mol. The summed E-state index contributed by atoms with van der Waals surface area (Å²) in [5.74, 6) is 0.683. The number of rotatable bonds is 9. The number of benzene rings is 2. The lowest BCUT2D eigenvalue weighted by Gasteiger charge is -2.21. The van der Waals surface area contributed by atoms with E-state index in [4.69, 9.17) is 9.15 Å². The lowest BCUT2D eigenvalue weighted by atomic mass is 10.1. The minimum Gasteiger partial charge on any atom is -0.468 e. The van der Waals surface area contributed by atoms with E-state index in [9.17, 15) is 14.4 Å². The molecule has 2 N–H and O–H groups in total. The second kappa shape index (κ2) is 10.2. The summed E-state index contributed by atoms with van der Waals surface area (Å²) >= 11 is 0. The lowest BCUT2D eigenvalue weighted by Crippen LogP contribution is -2.26. The summed E-state index contributed by atoms with van der Waals surface area (Å²) in [7, 11) is 1.31. The highest BCUT2D eigenvalue weighted by molar-refractivity contribution is 5.95. The molecule has 9 nitrogen and oxygen atoms in total. The Morgan fingerprint density at radius 2 is 1.86 bits per heavy atom. The van der Waals surface area contributed by atoms with E-state index in [1.165, 1.54) is 7.11 Å². The number of hydrogen-bond acceptors (Lipinski definition) is 7. The molecule has 1 fully saturated rings. The van der Waals surface area contributed by atoms with Gasteiger partial charge in [-0.15, -0.1) is 0 Å². The average Bonchev–Trinajstić information content (AvgIpc) is 3.55. The first-order valence-electron chi connectivity index (χ1n) is 11.7. The van der Waals surface area contributed by atoms with Crippen molar-refractivity contribution in [1.82, 2.24) is 20.2 Å². The molecule has 0 atom stereocenters. The minimum atomic E-state index is -0.491. The number of carbonyl (C=O) groups is 2. The second-order valence-corrected chi connectivity index (χ2v) is 8.91. The van der Waals surface area contributed by atoms with Crippen molar-refractivity contribution in [2.75, 3.05) is 7.11 Å². The number of carbonyl (C=O) groups excluding carboxylic acids is 2. The normalized spacial score (nSPS) is 13.2. The van der Waals surface area contributed by atoms with Crippen molar-refractivity contribution in [3.63, 3.8) is 0 Å². The maximum Gasteiger partial charge on any atom is 0.337 e. The van der Waals surface area contributed by atoms with E-state index in [1.54, 1.807) is 24.5 Å². The molecule has 4 aromatic rings. The summed E-state index contributed by atoms with van der Waals surface area (Å²) in [5, 5.41) is 3.39. The smallest absolute Gasteiger partial charge is 0.337 e. The van der Waals surface area contributed by atoms with Crippen LogP contribution in [0.3, 0.4) is 0 Å². The molecule has 184 valence electrons. The highest BCUT2D eigenvalue weighted by Gasteiger charge is 2.23. The summed E-state index contributed by atoms with van der Waals surface area (Å²) in [5.41, 5.74) is 2.09. The molecule has 0 bridgehead atoms. The molecule has 0 aliphatic heterocycles. The first-order chi connectivity index (χ1) is 17.5. The number of aromatic amines is 1. The SMILES string of the molecule is COC(=O)c1ccc2c(=O)[nH]c(CN(Cc3ccc(C(=O)NC4CC4)cc3)Cc3ccco3)nc2c1. The van der Waals surface area contributed by atoms with Crippen LogP contribution in [-0.4, -0.2) is 39.9 Å². The van der Waals surface area contributed by atoms with Gasteiger partial charge in [-0.2, -0.15) is 0 Å². The molecule has 0 spiro atoms. The van der Waals surface area contributed by atoms with Gasteiger partial charge < -0.3 is 19.5 Å². The molecular formula is C27H26N4O5. The van der Waals surface area contributed by atoms with Gasteiger partial charge >= 0.3 is 5.97 Å². The van der Waals surface area contributed by atoms with Gasteiger partial charge in [0.2, 0.25) is 0 Å². The molecule has 2 heterocycles. The van der Waals surface area contributed by atoms with Gasteiger partial charge in [0.05, 0.1) is 42.9 Å². The van der Waals surface area contributed by atoms with E-state index in [0.717, 1.165) is 24.2 Å². The van der Waals surface area contributed by atoms with E-state index < -0.39 is 5.97 Å². The van der Waals surface area contributed by atoms with Crippen LogP contribution in [0.4, 0.5) is 0 Å². The summed E-state index contributed by atoms with van der Waals surface area (Å²) in [4.78, 5) is 46.5. The predicted molar refractivity (Wildman–Crippen MR) is 132 cm³/mol. The number of ether oxygens (including phenoxy) is 1. The van der Waals surface area contributed by atoms with Crippen LogP contribution in [-0.2, 0) is 24.4 Å². The Labute approximate surface area is 207 Å². The number of esters is 1. The number of aromatic nitrogens is 2. The highest BCUT2D eigenvalue weighted by Crippen LogP contribution is 2.20. The zero-order valence-electron chi connectivity index (χ0n) is 19.8. The van der Waals surface area contributed by atoms with Crippen molar-refractivity contribution >= 4 is 22.8 Å². The molecule has 1 aliphatic carbocycles. The summed E-state index contributed by atoms with van der Waals surface area (Å²) in [6.45, 7) is 1.36. The van der Waals surface area contributed by atoms with E-state index in [0.29, 0.717) is 53.5 Å². The number of furan rings is 1. The molecule has 36 heavy (non-hydrogen) atoms. The Morgan fingerprint density at radius 1 is 1.08 bits per heavy atom. The highest BCUT2D eigenvalue weighted by atomic mass is 16.5. The van der Waals surface area contributed by atoms with Crippen molar-refractivity contribution in [1.29, 1.82) is 0 Å². The lowest BCUT2D eigenvalue weighted by molar-refractivity contribution is 0.0600. The first kappa shape index (κ1) is 23.5. The van der Waals surface area contributed by atoms with Gasteiger partial charge in [-0.25, -0.2) is 9.78 Å². The van der Waals surface area contributed by atoms with E-state index in [-0.39, 0.29) is 11.5 Å². The molecule has 0 radical (unpaired) electrons. The summed E-state index contributed by atoms with van der Waals surface area (Å²) in [6.07, 6.45) is 3.70. The molecule has 2 aromatic carbocycles. The van der Waals surface area contributed by atoms with Crippen LogP contribution in [0.15, 0.2) is 70.1 Å². The van der Waals surface area contributed by atoms with Gasteiger partial charge in [0, 0.05) is 18.2 Å². The van der Waals surface area contributed by atoms with Gasteiger partial charge in [-0.3, -0.25) is 14.5 Å². The van der Waals surface area contributed by atoms with Crippen LogP contribution in [0.1, 0.15) is 50.7 Å². The largest absolute Gasteiger partial charge is 0.468 e. The third kappa shape index (κ3) is 5.52. The number of amides is 1. The van der Waals surface area contributed by atoms with Crippen LogP contribution < -0.4 is 10.9 Å². The van der Waals surface area contributed by atoms with Crippen LogP contribution in [0.5, 0.6) is 0 Å². The molecule has 2 aromatic heterocycles. The number of methoxy groups -OCH3 is 1. The van der Waals surface area contributed by atoms with Crippen LogP contribution >= 0.6 is 0 Å². The summed E-state index contributed by atoms with van der Waals surface area (Å²) in [6, 6.07) is 16.2. The Kier molecular flexibility index (Phi) is 6.64. The van der Waals surface area contributed by atoms with Gasteiger partial charge in [0.15, 0.2) is 0 Å². The molecule has 0 unspecified atom stereocenters. The fraction of sp³-hybridized carbons (Fsp3) is 0.259. The van der Waals surface area contributed by atoms with E-state index in [2.05, 4.69) is 20.2 Å². The number of nitrogens with zero attached hydrogens (tertiary/aromatic N) is 2. The molecule has 9 heteroatoms. The average molecular weight is 487 g/mol. The quantitative estimate of drug-likeness (QED) is 0.348. The van der Waals surface area contributed by atoms with Crippen molar-refractivity contribution in [2.24, 2.45) is 0 Å². The zero-order valence-corrected chi connectivity index (χ0v) is 19.8. The fourth-order valence-electron chi connectivity index (χ4n) is 4.03. The standard InChI is InChI=1S/C27H26N4O5/c1-35-27(34)19-8-11-22-23(13-19)29-24(30-26(22)33)16-31(15-21-3-2-12-36-21)14-17-4-6-18(7-5-17)25(32)28-20-9-10-20/h2-8,11-13,20H,9-10,14-16H2,1H3,(H,28,32)(H,29,30,33). The van der Waals surface area contributed by atoms with Gasteiger partial charge in [-0.1, -0.05) is 12.1 Å². The van der Waals surface area contributed by atoms with Crippen molar-refractivity contribution < 1.29 is 18.7 Å². The molecule has 1 amide bonds. The molecule has 0 saturated heterocycles. The Hall–Kier alpha value is -4.24. The van der Waals surface area contributed by atoms with Gasteiger partial charge in [0.1, 0.15) is 11.6 Å². The predicted octanol–water partition coefficient (Wildman–Crippen LogP) is 3.40. The molecule has 1 saturated carbocycles. The number of fused-ring (bicyclic) bond motifs is 1. The monoisotopic (exact) mass is 486 g/mol. The Morgan fingerprint density at radius 3 is 2.56 bits per heavy atom. The number of hydrogen-bond donors (Lipinski definition) is 2. The van der Waals surface area contributed by atoms with Crippen molar-refractivity contribution in [3.8, 4) is 0 Å². The second-order valence-electron chi connectivity index (χ2n) is 8.91. The van der Waals surface area contributed by atoms with E-state index >= 15 is 0 Å². The molecule has 1 aliphatic rings. The fourth-order valence-corrected chi connectivity index (χ4v) is 4.03.